The number of amides is 1. The van der Waals surface area contributed by atoms with E-state index in [9.17, 15) is 4.79 Å². The van der Waals surface area contributed by atoms with E-state index < -0.39 is 0 Å². The van der Waals surface area contributed by atoms with Gasteiger partial charge in [-0.05, 0) is 18.2 Å². The molecule has 5 nitrogen and oxygen atoms in total. The van der Waals surface area contributed by atoms with E-state index in [4.69, 9.17) is 4.74 Å². The second kappa shape index (κ2) is 5.35. The first kappa shape index (κ1) is 12.2. The molecule has 1 N–H and O–H groups in total. The molecule has 1 heterocycles. The number of benzene rings is 1. The number of hydrogen-bond donors (Lipinski definition) is 1. The smallest absolute Gasteiger partial charge is 0.255 e. The Labute approximate surface area is 105 Å². The zero-order valence-corrected chi connectivity index (χ0v) is 10.4. The normalized spacial score (nSPS) is 10.1. The van der Waals surface area contributed by atoms with Crippen molar-refractivity contribution in [3.8, 4) is 5.75 Å². The molecule has 0 saturated heterocycles. The summed E-state index contributed by atoms with van der Waals surface area (Å²) in [5.74, 6) is 0.397. The Kier molecular flexibility index (Phi) is 3.62. The number of hydrogen-bond acceptors (Lipinski definition) is 3. The molecule has 1 aromatic heterocycles. The van der Waals surface area contributed by atoms with Gasteiger partial charge in [0.15, 0.2) is 0 Å². The van der Waals surface area contributed by atoms with Crippen LogP contribution in [-0.2, 0) is 13.6 Å². The molecule has 2 rings (SSSR count). The summed E-state index contributed by atoms with van der Waals surface area (Å²) >= 11 is 0. The highest BCUT2D eigenvalue weighted by molar-refractivity contribution is 5.96. The topological polar surface area (TPSA) is 56.1 Å². The van der Waals surface area contributed by atoms with Crippen molar-refractivity contribution < 1.29 is 9.53 Å². The fourth-order valence-corrected chi connectivity index (χ4v) is 1.66. The summed E-state index contributed by atoms with van der Waals surface area (Å²) in [5, 5.41) is 7.00. The highest BCUT2D eigenvalue weighted by Crippen LogP contribution is 2.16. The number of para-hydroxylation sites is 1. The summed E-state index contributed by atoms with van der Waals surface area (Å²) in [4.78, 5) is 12.0. The van der Waals surface area contributed by atoms with E-state index in [2.05, 4.69) is 10.4 Å². The highest BCUT2D eigenvalue weighted by Gasteiger charge is 2.11. The Balaban J connectivity index is 2.03. The Morgan fingerprint density at radius 1 is 1.39 bits per heavy atom. The van der Waals surface area contributed by atoms with E-state index in [-0.39, 0.29) is 5.91 Å². The molecule has 2 aromatic rings. The van der Waals surface area contributed by atoms with Crippen molar-refractivity contribution in [3.63, 3.8) is 0 Å². The second-order valence-corrected chi connectivity index (χ2v) is 3.86. The molecule has 0 aliphatic rings. The third kappa shape index (κ3) is 2.68. The summed E-state index contributed by atoms with van der Waals surface area (Å²) in [6.45, 7) is 0.401. The van der Waals surface area contributed by atoms with E-state index in [0.29, 0.717) is 17.9 Å². The van der Waals surface area contributed by atoms with Gasteiger partial charge in [0.2, 0.25) is 0 Å². The van der Waals surface area contributed by atoms with Gasteiger partial charge in [-0.15, -0.1) is 0 Å². The van der Waals surface area contributed by atoms with Crippen LogP contribution in [0.5, 0.6) is 5.75 Å². The third-order valence-electron chi connectivity index (χ3n) is 2.55. The molecule has 0 aliphatic carbocycles. The molecule has 0 unspecified atom stereocenters. The van der Waals surface area contributed by atoms with Crippen LogP contribution in [0.2, 0.25) is 0 Å². The average Bonchev–Trinajstić information content (AvgIpc) is 2.81. The third-order valence-corrected chi connectivity index (χ3v) is 2.55. The monoisotopic (exact) mass is 245 g/mol. The lowest BCUT2D eigenvalue weighted by Gasteiger charge is -2.07. The predicted octanol–water partition coefficient (Wildman–Crippen LogP) is 1.36. The van der Waals surface area contributed by atoms with Gasteiger partial charge in [-0.1, -0.05) is 12.1 Å². The number of aryl methyl sites for hydroxylation is 1. The van der Waals surface area contributed by atoms with Crippen LogP contribution in [-0.4, -0.2) is 22.8 Å². The fourth-order valence-electron chi connectivity index (χ4n) is 1.66. The quantitative estimate of drug-likeness (QED) is 0.884. The van der Waals surface area contributed by atoms with Gasteiger partial charge in [-0.2, -0.15) is 5.10 Å². The summed E-state index contributed by atoms with van der Waals surface area (Å²) in [5.41, 5.74) is 1.34. The summed E-state index contributed by atoms with van der Waals surface area (Å²) < 4.78 is 6.84. The molecule has 0 saturated carbocycles. The van der Waals surface area contributed by atoms with Crippen LogP contribution >= 0.6 is 0 Å². The van der Waals surface area contributed by atoms with E-state index in [0.717, 1.165) is 5.69 Å². The lowest BCUT2D eigenvalue weighted by atomic mass is 10.2. The van der Waals surface area contributed by atoms with Gasteiger partial charge in [0, 0.05) is 13.2 Å². The average molecular weight is 245 g/mol. The molecule has 1 aromatic carbocycles. The van der Waals surface area contributed by atoms with Crippen LogP contribution in [0.25, 0.3) is 0 Å². The Hall–Kier alpha value is -2.30. The minimum Gasteiger partial charge on any atom is -0.496 e. The van der Waals surface area contributed by atoms with Crippen LogP contribution in [0.15, 0.2) is 36.5 Å². The van der Waals surface area contributed by atoms with Crippen molar-refractivity contribution in [1.82, 2.24) is 15.1 Å². The number of methoxy groups -OCH3 is 1. The number of ether oxygens (including phenoxy) is 1. The molecule has 5 heteroatoms. The number of carbonyl (C=O) groups is 1. The van der Waals surface area contributed by atoms with E-state index in [1.54, 1.807) is 30.0 Å². The molecule has 0 aliphatic heterocycles. The Morgan fingerprint density at radius 3 is 2.83 bits per heavy atom. The molecule has 0 bridgehead atoms. The zero-order valence-electron chi connectivity index (χ0n) is 10.4. The lowest BCUT2D eigenvalue weighted by Crippen LogP contribution is -2.23. The van der Waals surface area contributed by atoms with Crippen molar-refractivity contribution in [2.75, 3.05) is 7.11 Å². The molecular formula is C13H15N3O2. The van der Waals surface area contributed by atoms with Crippen molar-refractivity contribution in [2.24, 2.45) is 7.05 Å². The van der Waals surface area contributed by atoms with Crippen LogP contribution in [0.1, 0.15) is 16.1 Å². The van der Waals surface area contributed by atoms with Gasteiger partial charge < -0.3 is 10.1 Å². The Bertz CT molecular complexity index is 549. The summed E-state index contributed by atoms with van der Waals surface area (Å²) in [6.07, 6.45) is 1.84. The summed E-state index contributed by atoms with van der Waals surface area (Å²) in [7, 11) is 3.39. The molecule has 0 atom stereocenters. The molecule has 0 spiro atoms. The number of nitrogens with one attached hydrogen (secondary N) is 1. The van der Waals surface area contributed by atoms with E-state index >= 15 is 0 Å². The predicted molar refractivity (Wildman–Crippen MR) is 67.4 cm³/mol. The lowest BCUT2D eigenvalue weighted by molar-refractivity contribution is 0.0947. The number of aromatic nitrogens is 2. The van der Waals surface area contributed by atoms with Gasteiger partial charge >= 0.3 is 0 Å². The molecule has 18 heavy (non-hydrogen) atoms. The minimum atomic E-state index is -0.168. The fraction of sp³-hybridized carbons (Fsp3) is 0.231. The van der Waals surface area contributed by atoms with Gasteiger partial charge in [0.05, 0.1) is 24.9 Å². The molecule has 0 radical (unpaired) electrons. The highest BCUT2D eigenvalue weighted by atomic mass is 16.5. The Morgan fingerprint density at radius 2 is 2.17 bits per heavy atom. The van der Waals surface area contributed by atoms with Crippen LogP contribution in [0, 0.1) is 0 Å². The number of rotatable bonds is 4. The van der Waals surface area contributed by atoms with Crippen LogP contribution < -0.4 is 10.1 Å². The van der Waals surface area contributed by atoms with Crippen molar-refractivity contribution in [1.29, 1.82) is 0 Å². The number of nitrogens with zero attached hydrogens (tertiary/aromatic N) is 2. The van der Waals surface area contributed by atoms with E-state index in [1.807, 2.05) is 25.4 Å². The first-order valence-electron chi connectivity index (χ1n) is 5.60. The van der Waals surface area contributed by atoms with Crippen molar-refractivity contribution >= 4 is 5.91 Å². The molecule has 0 fully saturated rings. The van der Waals surface area contributed by atoms with Crippen LogP contribution in [0.4, 0.5) is 0 Å². The number of carbonyl (C=O) groups excluding carboxylic acids is 1. The standard InChI is InChI=1S/C13H15N3O2/c1-16-8-7-10(15-16)9-14-13(17)11-5-3-4-6-12(11)18-2/h3-8H,9H2,1-2H3,(H,14,17). The van der Waals surface area contributed by atoms with Gasteiger partial charge in [-0.25, -0.2) is 0 Å². The molecule has 94 valence electrons. The minimum absolute atomic E-state index is 0.168. The maximum absolute atomic E-state index is 12.0. The van der Waals surface area contributed by atoms with Crippen LogP contribution in [0.3, 0.4) is 0 Å². The maximum atomic E-state index is 12.0. The largest absolute Gasteiger partial charge is 0.496 e. The van der Waals surface area contributed by atoms with Gasteiger partial charge in [0.25, 0.3) is 5.91 Å². The summed E-state index contributed by atoms with van der Waals surface area (Å²) in [6, 6.07) is 8.98. The maximum Gasteiger partial charge on any atom is 0.255 e. The van der Waals surface area contributed by atoms with Gasteiger partial charge in [-0.3, -0.25) is 9.48 Å². The SMILES string of the molecule is COc1ccccc1C(=O)NCc1ccn(C)n1. The van der Waals surface area contributed by atoms with Crippen molar-refractivity contribution in [2.45, 2.75) is 6.54 Å². The first-order chi connectivity index (χ1) is 8.70. The molecule has 1 amide bonds. The van der Waals surface area contributed by atoms with Gasteiger partial charge in [0.1, 0.15) is 5.75 Å². The molecular weight excluding hydrogens is 230 g/mol. The second-order valence-electron chi connectivity index (χ2n) is 3.86. The zero-order chi connectivity index (χ0) is 13.0. The van der Waals surface area contributed by atoms with Crippen molar-refractivity contribution in [3.05, 3.63) is 47.8 Å². The van der Waals surface area contributed by atoms with E-state index in [1.165, 1.54) is 0 Å². The first-order valence-corrected chi connectivity index (χ1v) is 5.60.